The van der Waals surface area contributed by atoms with Gasteiger partial charge in [-0.25, -0.2) is 13.6 Å². The van der Waals surface area contributed by atoms with Gasteiger partial charge in [0.2, 0.25) is 15.4 Å². The monoisotopic (exact) mass is 564 g/mol. The maximum Gasteiger partial charge on any atom is 0.267 e. The fourth-order valence-corrected chi connectivity index (χ4v) is 9.86. The summed E-state index contributed by atoms with van der Waals surface area (Å²) in [7, 11) is -3.98. The molecule has 5 rings (SSSR count). The van der Waals surface area contributed by atoms with E-state index in [-0.39, 0.29) is 80.1 Å². The van der Waals surface area contributed by atoms with Crippen LogP contribution in [0.2, 0.25) is 0 Å². The van der Waals surface area contributed by atoms with Crippen LogP contribution in [0.3, 0.4) is 0 Å². The number of hydrogen-bond donors (Lipinski definition) is 2. The zero-order valence-corrected chi connectivity index (χ0v) is 23.7. The molecular formula is C26H36N4O6S2. The van der Waals surface area contributed by atoms with Crippen molar-refractivity contribution in [2.45, 2.75) is 82.9 Å². The van der Waals surface area contributed by atoms with Crippen molar-refractivity contribution in [2.75, 3.05) is 5.32 Å². The summed E-state index contributed by atoms with van der Waals surface area (Å²) in [6, 6.07) is 0. The number of ketones is 3. The maximum absolute atomic E-state index is 13.9. The van der Waals surface area contributed by atoms with Crippen LogP contribution >= 0.6 is 11.3 Å². The van der Waals surface area contributed by atoms with Crippen molar-refractivity contribution in [3.63, 3.8) is 0 Å². The number of sulfonamides is 1. The third-order valence-corrected chi connectivity index (χ3v) is 12.8. The molecule has 8 atom stereocenters. The van der Waals surface area contributed by atoms with Gasteiger partial charge in [-0.2, -0.15) is 0 Å². The van der Waals surface area contributed by atoms with Gasteiger partial charge in [-0.1, -0.05) is 32.1 Å². The van der Waals surface area contributed by atoms with Crippen molar-refractivity contribution in [3.8, 4) is 0 Å². The van der Waals surface area contributed by atoms with Crippen LogP contribution in [-0.2, 0) is 29.2 Å². The van der Waals surface area contributed by atoms with Crippen LogP contribution < -0.4 is 10.5 Å². The highest BCUT2D eigenvalue weighted by Crippen LogP contribution is 2.66. The summed E-state index contributed by atoms with van der Waals surface area (Å²) in [4.78, 5) is 52.1. The number of aromatic nitrogens is 2. The molecule has 3 N–H and O–H groups in total. The topological polar surface area (TPSA) is 166 Å². The predicted molar refractivity (Wildman–Crippen MR) is 139 cm³/mol. The van der Waals surface area contributed by atoms with Crippen molar-refractivity contribution in [2.24, 2.45) is 51.5 Å². The number of nitrogens with two attached hydrogens (primary N) is 1. The Morgan fingerprint density at radius 1 is 1.13 bits per heavy atom. The first kappa shape index (κ1) is 27.5. The number of nitrogens with zero attached hydrogens (tertiary/aromatic N) is 2. The molecule has 0 saturated heterocycles. The van der Waals surface area contributed by atoms with Gasteiger partial charge >= 0.3 is 0 Å². The van der Waals surface area contributed by atoms with Crippen LogP contribution in [0.15, 0.2) is 4.34 Å². The quantitative estimate of drug-likeness (QED) is 0.497. The molecule has 0 spiro atoms. The second kappa shape index (κ2) is 9.55. The van der Waals surface area contributed by atoms with Gasteiger partial charge in [0.05, 0.1) is 0 Å². The summed E-state index contributed by atoms with van der Waals surface area (Å²) in [5.74, 6) is 0.514. The molecule has 0 radical (unpaired) electrons. The zero-order valence-electron chi connectivity index (χ0n) is 22.1. The molecule has 12 heteroatoms. The molecule has 1 heterocycles. The Morgan fingerprint density at radius 2 is 1.87 bits per heavy atom. The average molecular weight is 565 g/mol. The van der Waals surface area contributed by atoms with Crippen molar-refractivity contribution >= 4 is 49.7 Å². The zero-order chi connectivity index (χ0) is 27.6. The summed E-state index contributed by atoms with van der Waals surface area (Å²) in [5.41, 5.74) is -0.733. The van der Waals surface area contributed by atoms with E-state index in [4.69, 9.17) is 5.14 Å². The van der Waals surface area contributed by atoms with Crippen LogP contribution in [0.5, 0.6) is 0 Å². The lowest BCUT2D eigenvalue weighted by molar-refractivity contribution is -0.166. The van der Waals surface area contributed by atoms with Crippen molar-refractivity contribution in [3.05, 3.63) is 0 Å². The summed E-state index contributed by atoms with van der Waals surface area (Å²) < 4.78 is 22.4. The molecule has 4 fully saturated rings. The molecular weight excluding hydrogens is 528 g/mol. The molecule has 208 valence electrons. The first-order valence-electron chi connectivity index (χ1n) is 13.5. The highest BCUT2D eigenvalue weighted by atomic mass is 32.2. The molecule has 4 saturated carbocycles. The Bertz CT molecular complexity index is 1290. The van der Waals surface area contributed by atoms with Gasteiger partial charge in [0.15, 0.2) is 0 Å². The second-order valence-corrected chi connectivity index (χ2v) is 15.1. The van der Waals surface area contributed by atoms with E-state index >= 15 is 0 Å². The van der Waals surface area contributed by atoms with Gasteiger partial charge in [0.25, 0.3) is 10.0 Å². The lowest BCUT2D eigenvalue weighted by Crippen LogP contribution is -2.60. The van der Waals surface area contributed by atoms with Gasteiger partial charge in [0, 0.05) is 43.4 Å². The Hall–Kier alpha value is -2.05. The molecule has 1 aromatic heterocycles. The molecule has 38 heavy (non-hydrogen) atoms. The average Bonchev–Trinajstić information content (AvgIpc) is 3.45. The predicted octanol–water partition coefficient (Wildman–Crippen LogP) is 3.13. The van der Waals surface area contributed by atoms with E-state index in [1.165, 1.54) is 0 Å². The van der Waals surface area contributed by atoms with Gasteiger partial charge < -0.3 is 5.32 Å². The maximum atomic E-state index is 13.9. The number of primary sulfonamides is 1. The summed E-state index contributed by atoms with van der Waals surface area (Å²) in [6.07, 6.45) is 5.04. The lowest BCUT2D eigenvalue weighted by Gasteiger charge is -2.58. The minimum atomic E-state index is -3.98. The number of rotatable bonds is 6. The normalized spacial score (nSPS) is 37.8. The molecule has 4 aliphatic carbocycles. The SMILES string of the molecule is C[C@H](CCC(=O)Nc1nnc(S(N)(=O)=O)s1)[C@H]1CC[C@H]2[C@@H]3C(=O)C[C@@H]4CC(=O)CC[C@]4(C)[C@H]3CC(=O)[C@]12C. The van der Waals surface area contributed by atoms with E-state index in [2.05, 4.69) is 29.4 Å². The molecule has 0 aliphatic heterocycles. The van der Waals surface area contributed by atoms with Gasteiger partial charge in [-0.15, -0.1) is 10.2 Å². The van der Waals surface area contributed by atoms with Crippen LogP contribution in [0.1, 0.15) is 78.6 Å². The Kier molecular flexibility index (Phi) is 6.91. The van der Waals surface area contributed by atoms with Crippen LogP contribution in [-0.4, -0.2) is 41.9 Å². The summed E-state index contributed by atoms with van der Waals surface area (Å²) >= 11 is 0.698. The fourth-order valence-electron chi connectivity index (χ4n) is 8.51. The summed E-state index contributed by atoms with van der Waals surface area (Å²) in [5, 5.41) is 14.9. The lowest BCUT2D eigenvalue weighted by atomic mass is 9.44. The Labute approximate surface area is 227 Å². The number of carbonyl (C=O) groups excluding carboxylic acids is 4. The molecule has 4 aliphatic rings. The Morgan fingerprint density at radius 3 is 2.55 bits per heavy atom. The largest absolute Gasteiger partial charge is 0.301 e. The molecule has 0 bridgehead atoms. The highest BCUT2D eigenvalue weighted by Gasteiger charge is 2.66. The Balaban J connectivity index is 1.27. The van der Waals surface area contributed by atoms with E-state index in [0.29, 0.717) is 43.4 Å². The van der Waals surface area contributed by atoms with E-state index in [0.717, 1.165) is 19.3 Å². The molecule has 0 unspecified atom stereocenters. The minimum Gasteiger partial charge on any atom is -0.301 e. The number of anilines is 1. The van der Waals surface area contributed by atoms with Crippen LogP contribution in [0.4, 0.5) is 5.13 Å². The number of fused-ring (bicyclic) bond motifs is 5. The number of hydrogen-bond acceptors (Lipinski definition) is 9. The van der Waals surface area contributed by atoms with Crippen molar-refractivity contribution in [1.82, 2.24) is 10.2 Å². The van der Waals surface area contributed by atoms with Gasteiger partial charge in [-0.3, -0.25) is 19.2 Å². The minimum absolute atomic E-state index is 0.0101. The number of amides is 1. The molecule has 0 aromatic carbocycles. The highest BCUT2D eigenvalue weighted by molar-refractivity contribution is 7.91. The van der Waals surface area contributed by atoms with Crippen molar-refractivity contribution in [1.29, 1.82) is 0 Å². The molecule has 1 aromatic rings. The standard InChI is InChI=1S/C26H36N4O6S2/c1-13(4-7-21(34)28-23-29-30-24(37-23)38(27,35)36)16-5-6-17-22-18(12-20(33)26(16,17)3)25(2)9-8-15(31)10-14(25)11-19(22)32/h13-14,16-18,22H,4-12H2,1-3H3,(H2,27,35,36)(H,28,29,34)/t13-,14+,16-,17+,18+,22+,25+,26-/m1/s1. The van der Waals surface area contributed by atoms with Gasteiger partial charge in [0.1, 0.15) is 17.3 Å². The van der Waals surface area contributed by atoms with E-state index in [1.54, 1.807) is 0 Å². The number of nitrogens with one attached hydrogen (secondary N) is 1. The van der Waals surface area contributed by atoms with Crippen molar-refractivity contribution < 1.29 is 27.6 Å². The third kappa shape index (κ3) is 4.46. The smallest absolute Gasteiger partial charge is 0.267 e. The van der Waals surface area contributed by atoms with Crippen LogP contribution in [0.25, 0.3) is 0 Å². The number of carbonyl (C=O) groups is 4. The van der Waals surface area contributed by atoms with E-state index in [1.807, 2.05) is 6.92 Å². The summed E-state index contributed by atoms with van der Waals surface area (Å²) in [6.45, 7) is 6.33. The fraction of sp³-hybridized carbons (Fsp3) is 0.769. The molecule has 10 nitrogen and oxygen atoms in total. The first-order chi connectivity index (χ1) is 17.7. The first-order valence-corrected chi connectivity index (χ1v) is 15.8. The molecule has 1 amide bonds. The van der Waals surface area contributed by atoms with E-state index < -0.39 is 15.4 Å². The third-order valence-electron chi connectivity index (χ3n) is 10.6. The van der Waals surface area contributed by atoms with Gasteiger partial charge in [-0.05, 0) is 60.7 Å². The van der Waals surface area contributed by atoms with Crippen LogP contribution in [0, 0.1) is 46.3 Å². The second-order valence-electron chi connectivity index (χ2n) is 12.4. The van der Waals surface area contributed by atoms with E-state index in [9.17, 15) is 27.6 Å². The number of Topliss-reactive ketones (excluding diaryl/α,β-unsaturated/α-hetero) is 3.